The van der Waals surface area contributed by atoms with E-state index >= 15 is 0 Å². The van der Waals surface area contributed by atoms with Crippen molar-refractivity contribution in [2.45, 2.75) is 0 Å². The molecule has 3 nitrogen and oxygen atoms in total. The highest BCUT2D eigenvalue weighted by Gasteiger charge is 2.15. The molecule has 0 spiro atoms. The molecular weight excluding hydrogens is 272 g/mol. The summed E-state index contributed by atoms with van der Waals surface area (Å²) in [5, 5.41) is 3.06. The number of pyridine rings is 1. The summed E-state index contributed by atoms with van der Waals surface area (Å²) in [6.07, 6.45) is 5.46. The second-order valence-corrected chi connectivity index (χ2v) is 5.44. The van der Waals surface area contributed by atoms with Crippen molar-refractivity contribution < 1.29 is 4.79 Å². The van der Waals surface area contributed by atoms with Crippen molar-refractivity contribution in [3.63, 3.8) is 0 Å². The molecule has 0 saturated carbocycles. The first-order valence-electron chi connectivity index (χ1n) is 7.16. The van der Waals surface area contributed by atoms with E-state index in [0.717, 1.165) is 27.2 Å². The number of aryl methyl sites for hydroxylation is 1. The highest BCUT2D eigenvalue weighted by molar-refractivity contribution is 6.17. The normalized spacial score (nSPS) is 11.1. The van der Waals surface area contributed by atoms with Gasteiger partial charge in [-0.1, -0.05) is 30.3 Å². The highest BCUT2D eigenvalue weighted by atomic mass is 16.1. The fourth-order valence-electron chi connectivity index (χ4n) is 2.90. The highest BCUT2D eigenvalue weighted by Crippen LogP contribution is 2.24. The monoisotopic (exact) mass is 286 g/mol. The van der Waals surface area contributed by atoms with Crippen molar-refractivity contribution in [2.24, 2.45) is 7.05 Å². The predicted octanol–water partition coefficient (Wildman–Crippen LogP) is 3.96. The quantitative estimate of drug-likeness (QED) is 0.523. The van der Waals surface area contributed by atoms with Gasteiger partial charge in [-0.25, -0.2) is 0 Å². The summed E-state index contributed by atoms with van der Waals surface area (Å²) in [6.45, 7) is 0. The molecule has 0 atom stereocenters. The molecule has 106 valence electrons. The molecule has 0 aliphatic carbocycles. The van der Waals surface area contributed by atoms with Gasteiger partial charge in [0.2, 0.25) is 0 Å². The maximum Gasteiger partial charge on any atom is 0.195 e. The van der Waals surface area contributed by atoms with E-state index in [4.69, 9.17) is 0 Å². The zero-order valence-electron chi connectivity index (χ0n) is 12.2. The SMILES string of the molecule is Cn1cc(C(=O)c2ccc3cnccc3c2)c2ccccc21. The molecule has 0 N–H and O–H groups in total. The van der Waals surface area contributed by atoms with Crippen molar-refractivity contribution in [3.8, 4) is 0 Å². The Balaban J connectivity index is 1.88. The van der Waals surface area contributed by atoms with Gasteiger partial charge in [0, 0.05) is 53.1 Å². The lowest BCUT2D eigenvalue weighted by atomic mass is 10.0. The van der Waals surface area contributed by atoms with E-state index in [1.807, 2.05) is 72.5 Å². The second-order valence-electron chi connectivity index (χ2n) is 5.44. The van der Waals surface area contributed by atoms with Crippen LogP contribution in [0, 0.1) is 0 Å². The smallest absolute Gasteiger partial charge is 0.195 e. The number of benzene rings is 2. The van der Waals surface area contributed by atoms with Crippen molar-refractivity contribution in [1.29, 1.82) is 0 Å². The van der Waals surface area contributed by atoms with Crippen molar-refractivity contribution in [3.05, 3.63) is 78.2 Å². The maximum atomic E-state index is 12.9. The first kappa shape index (κ1) is 12.8. The van der Waals surface area contributed by atoms with Crippen LogP contribution in [0.15, 0.2) is 67.1 Å². The fourth-order valence-corrected chi connectivity index (χ4v) is 2.90. The van der Waals surface area contributed by atoms with Gasteiger partial charge < -0.3 is 4.57 Å². The molecule has 0 aliphatic heterocycles. The molecule has 2 heterocycles. The number of aromatic nitrogens is 2. The Morgan fingerprint density at radius 3 is 2.82 bits per heavy atom. The molecule has 4 rings (SSSR count). The van der Waals surface area contributed by atoms with E-state index in [9.17, 15) is 4.79 Å². The molecule has 2 aromatic heterocycles. The Bertz CT molecular complexity index is 1010. The number of carbonyl (C=O) groups excluding carboxylic acids is 1. The molecule has 0 fully saturated rings. The first-order valence-corrected chi connectivity index (χ1v) is 7.16. The van der Waals surface area contributed by atoms with Crippen molar-refractivity contribution in [2.75, 3.05) is 0 Å². The summed E-state index contributed by atoms with van der Waals surface area (Å²) in [7, 11) is 1.96. The Hall–Kier alpha value is -2.94. The minimum atomic E-state index is 0.0514. The number of nitrogens with zero attached hydrogens (tertiary/aromatic N) is 2. The van der Waals surface area contributed by atoms with Gasteiger partial charge >= 0.3 is 0 Å². The molecule has 2 aromatic carbocycles. The third-order valence-corrected chi connectivity index (χ3v) is 4.04. The predicted molar refractivity (Wildman–Crippen MR) is 88.1 cm³/mol. The van der Waals surface area contributed by atoms with Gasteiger partial charge in [-0.05, 0) is 23.6 Å². The summed E-state index contributed by atoms with van der Waals surface area (Å²) < 4.78 is 1.99. The molecule has 0 radical (unpaired) electrons. The molecule has 4 aromatic rings. The number of para-hydroxylation sites is 1. The van der Waals surface area contributed by atoms with Crippen LogP contribution < -0.4 is 0 Å². The lowest BCUT2D eigenvalue weighted by molar-refractivity contribution is 0.104. The van der Waals surface area contributed by atoms with E-state index in [-0.39, 0.29) is 5.78 Å². The molecule has 0 unspecified atom stereocenters. The molecule has 0 aliphatic rings. The van der Waals surface area contributed by atoms with Gasteiger partial charge in [-0.3, -0.25) is 9.78 Å². The first-order chi connectivity index (χ1) is 10.7. The molecular formula is C19H14N2O. The van der Waals surface area contributed by atoms with Gasteiger partial charge in [0.25, 0.3) is 0 Å². The Labute approximate surface area is 127 Å². The van der Waals surface area contributed by atoms with Crippen LogP contribution in [0.5, 0.6) is 0 Å². The average Bonchev–Trinajstić information content (AvgIpc) is 2.91. The van der Waals surface area contributed by atoms with E-state index in [0.29, 0.717) is 5.56 Å². The Morgan fingerprint density at radius 1 is 1.05 bits per heavy atom. The van der Waals surface area contributed by atoms with Crippen LogP contribution in [0.2, 0.25) is 0 Å². The minimum Gasteiger partial charge on any atom is -0.350 e. The number of hydrogen-bond donors (Lipinski definition) is 0. The molecule has 3 heteroatoms. The topological polar surface area (TPSA) is 34.9 Å². The van der Waals surface area contributed by atoms with Crippen LogP contribution in [-0.4, -0.2) is 15.3 Å². The van der Waals surface area contributed by atoms with Crippen LogP contribution in [0.4, 0.5) is 0 Å². The largest absolute Gasteiger partial charge is 0.350 e. The van der Waals surface area contributed by atoms with Crippen LogP contribution in [0.3, 0.4) is 0 Å². The van der Waals surface area contributed by atoms with E-state index in [1.165, 1.54) is 0 Å². The van der Waals surface area contributed by atoms with Gasteiger partial charge in [-0.2, -0.15) is 0 Å². The third-order valence-electron chi connectivity index (χ3n) is 4.04. The third kappa shape index (κ3) is 1.91. The zero-order chi connectivity index (χ0) is 15.1. The summed E-state index contributed by atoms with van der Waals surface area (Å²) in [5.74, 6) is 0.0514. The molecule has 0 saturated heterocycles. The number of rotatable bonds is 2. The summed E-state index contributed by atoms with van der Waals surface area (Å²) in [4.78, 5) is 17.0. The van der Waals surface area contributed by atoms with Crippen LogP contribution >= 0.6 is 0 Å². The Kier molecular flexibility index (Phi) is 2.79. The lowest BCUT2D eigenvalue weighted by Gasteiger charge is -2.02. The number of ketones is 1. The average molecular weight is 286 g/mol. The number of carbonyl (C=O) groups is 1. The number of fused-ring (bicyclic) bond motifs is 2. The maximum absolute atomic E-state index is 12.9. The summed E-state index contributed by atoms with van der Waals surface area (Å²) >= 11 is 0. The summed E-state index contributed by atoms with van der Waals surface area (Å²) in [5.41, 5.74) is 2.51. The van der Waals surface area contributed by atoms with Crippen molar-refractivity contribution in [1.82, 2.24) is 9.55 Å². The molecule has 22 heavy (non-hydrogen) atoms. The van der Waals surface area contributed by atoms with Gasteiger partial charge in [0.15, 0.2) is 5.78 Å². The summed E-state index contributed by atoms with van der Waals surface area (Å²) in [6, 6.07) is 15.6. The number of hydrogen-bond acceptors (Lipinski definition) is 2. The van der Waals surface area contributed by atoms with E-state index in [1.54, 1.807) is 6.20 Å². The standard InChI is InChI=1S/C19H14N2O/c1-21-12-17(16-4-2-3-5-18(16)21)19(22)14-6-7-15-11-20-9-8-13(15)10-14/h2-12H,1H3. The van der Waals surface area contributed by atoms with Crippen LogP contribution in [-0.2, 0) is 7.05 Å². The fraction of sp³-hybridized carbons (Fsp3) is 0.0526. The van der Waals surface area contributed by atoms with E-state index in [2.05, 4.69) is 4.98 Å². The van der Waals surface area contributed by atoms with Gasteiger partial charge in [0.05, 0.1) is 0 Å². The minimum absolute atomic E-state index is 0.0514. The second kappa shape index (κ2) is 4.81. The van der Waals surface area contributed by atoms with Crippen LogP contribution in [0.1, 0.15) is 15.9 Å². The van der Waals surface area contributed by atoms with Crippen molar-refractivity contribution >= 4 is 27.5 Å². The lowest BCUT2D eigenvalue weighted by Crippen LogP contribution is -2.00. The molecule has 0 amide bonds. The van der Waals surface area contributed by atoms with Gasteiger partial charge in [-0.15, -0.1) is 0 Å². The van der Waals surface area contributed by atoms with Crippen LogP contribution in [0.25, 0.3) is 21.7 Å². The van der Waals surface area contributed by atoms with E-state index < -0.39 is 0 Å². The Morgan fingerprint density at radius 2 is 1.91 bits per heavy atom. The molecule has 0 bridgehead atoms. The zero-order valence-corrected chi connectivity index (χ0v) is 12.2. The van der Waals surface area contributed by atoms with Gasteiger partial charge in [0.1, 0.15) is 0 Å².